The lowest BCUT2D eigenvalue weighted by molar-refractivity contribution is -0.147. The SMILES string of the molecule is CNc1ccc(NC(=O)C(=O)O)cc1. The Morgan fingerprint density at radius 3 is 2.07 bits per heavy atom. The van der Waals surface area contributed by atoms with E-state index in [1.54, 1.807) is 31.3 Å². The third-order valence-corrected chi connectivity index (χ3v) is 1.63. The number of carboxylic acids is 1. The monoisotopic (exact) mass is 194 g/mol. The van der Waals surface area contributed by atoms with Gasteiger partial charge in [0, 0.05) is 18.4 Å². The summed E-state index contributed by atoms with van der Waals surface area (Å²) in [7, 11) is 1.77. The molecule has 74 valence electrons. The fourth-order valence-electron chi connectivity index (χ4n) is 0.905. The molecule has 1 aromatic carbocycles. The molecule has 0 saturated carbocycles. The largest absolute Gasteiger partial charge is 0.474 e. The van der Waals surface area contributed by atoms with Crippen LogP contribution in [-0.4, -0.2) is 24.0 Å². The summed E-state index contributed by atoms with van der Waals surface area (Å²) in [5, 5.41) is 13.4. The quantitative estimate of drug-likeness (QED) is 0.607. The molecule has 0 fully saturated rings. The van der Waals surface area contributed by atoms with Crippen LogP contribution in [0.4, 0.5) is 11.4 Å². The van der Waals surface area contributed by atoms with Gasteiger partial charge in [-0.05, 0) is 24.3 Å². The minimum absolute atomic E-state index is 0.455. The highest BCUT2D eigenvalue weighted by atomic mass is 16.4. The van der Waals surface area contributed by atoms with Crippen LogP contribution in [0.1, 0.15) is 0 Å². The van der Waals surface area contributed by atoms with E-state index in [1.807, 2.05) is 0 Å². The van der Waals surface area contributed by atoms with Gasteiger partial charge in [0.1, 0.15) is 0 Å². The number of nitrogens with one attached hydrogen (secondary N) is 2. The van der Waals surface area contributed by atoms with Crippen molar-refractivity contribution >= 4 is 23.3 Å². The fraction of sp³-hybridized carbons (Fsp3) is 0.111. The van der Waals surface area contributed by atoms with E-state index in [2.05, 4.69) is 10.6 Å². The Balaban J connectivity index is 2.69. The molecule has 1 aromatic rings. The molecule has 14 heavy (non-hydrogen) atoms. The number of rotatable bonds is 2. The summed E-state index contributed by atoms with van der Waals surface area (Å²) in [4.78, 5) is 20.9. The zero-order valence-corrected chi connectivity index (χ0v) is 7.57. The normalized spacial score (nSPS) is 9.21. The van der Waals surface area contributed by atoms with Gasteiger partial charge in [-0.3, -0.25) is 4.79 Å². The van der Waals surface area contributed by atoms with E-state index in [0.717, 1.165) is 5.69 Å². The molecular formula is C9H10N2O3. The second-order valence-electron chi connectivity index (χ2n) is 2.59. The summed E-state index contributed by atoms with van der Waals surface area (Å²) in [5.41, 5.74) is 1.34. The topological polar surface area (TPSA) is 78.4 Å². The summed E-state index contributed by atoms with van der Waals surface area (Å²) in [5.74, 6) is -2.54. The summed E-state index contributed by atoms with van der Waals surface area (Å²) in [6.07, 6.45) is 0. The Bertz CT molecular complexity index is 346. The highest BCUT2D eigenvalue weighted by Gasteiger charge is 2.10. The van der Waals surface area contributed by atoms with Crippen LogP contribution in [0.2, 0.25) is 0 Å². The predicted octanol–water partition coefficient (Wildman–Crippen LogP) is 0.751. The number of benzene rings is 1. The van der Waals surface area contributed by atoms with Crippen molar-refractivity contribution in [3.8, 4) is 0 Å². The smallest absolute Gasteiger partial charge is 0.394 e. The number of anilines is 2. The van der Waals surface area contributed by atoms with Crippen molar-refractivity contribution in [3.63, 3.8) is 0 Å². The van der Waals surface area contributed by atoms with Gasteiger partial charge in [-0.25, -0.2) is 4.79 Å². The van der Waals surface area contributed by atoms with Gasteiger partial charge in [0.05, 0.1) is 0 Å². The first-order chi connectivity index (χ1) is 6.63. The van der Waals surface area contributed by atoms with Crippen molar-refractivity contribution in [2.75, 3.05) is 17.7 Å². The molecule has 0 aliphatic carbocycles. The molecule has 0 aromatic heterocycles. The second-order valence-corrected chi connectivity index (χ2v) is 2.59. The number of hydrogen-bond donors (Lipinski definition) is 3. The van der Waals surface area contributed by atoms with Gasteiger partial charge in [0.15, 0.2) is 0 Å². The van der Waals surface area contributed by atoms with Crippen LogP contribution in [-0.2, 0) is 9.59 Å². The third kappa shape index (κ3) is 2.48. The van der Waals surface area contributed by atoms with E-state index in [0.29, 0.717) is 5.69 Å². The molecule has 0 bridgehead atoms. The molecule has 0 aliphatic heterocycles. The number of carboxylic acid groups (broad SMARTS) is 1. The van der Waals surface area contributed by atoms with Crippen molar-refractivity contribution in [1.29, 1.82) is 0 Å². The van der Waals surface area contributed by atoms with Crippen LogP contribution in [0.15, 0.2) is 24.3 Å². The summed E-state index contributed by atoms with van der Waals surface area (Å²) in [6.45, 7) is 0. The molecule has 0 saturated heterocycles. The number of carbonyl (C=O) groups is 2. The average Bonchev–Trinajstić information content (AvgIpc) is 2.19. The number of amides is 1. The molecule has 0 heterocycles. The Hall–Kier alpha value is -2.04. The van der Waals surface area contributed by atoms with Gasteiger partial charge < -0.3 is 15.7 Å². The maximum absolute atomic E-state index is 10.7. The van der Waals surface area contributed by atoms with Gasteiger partial charge in [-0.1, -0.05) is 0 Å². The molecular weight excluding hydrogens is 184 g/mol. The third-order valence-electron chi connectivity index (χ3n) is 1.63. The lowest BCUT2D eigenvalue weighted by Gasteiger charge is -2.03. The van der Waals surface area contributed by atoms with Gasteiger partial charge >= 0.3 is 11.9 Å². The Morgan fingerprint density at radius 2 is 1.64 bits per heavy atom. The lowest BCUT2D eigenvalue weighted by Crippen LogP contribution is -2.21. The number of hydrogen-bond acceptors (Lipinski definition) is 3. The minimum atomic E-state index is -1.50. The van der Waals surface area contributed by atoms with Gasteiger partial charge in [-0.2, -0.15) is 0 Å². The lowest BCUT2D eigenvalue weighted by atomic mass is 10.3. The van der Waals surface area contributed by atoms with Gasteiger partial charge in [0.2, 0.25) is 0 Å². The first-order valence-corrected chi connectivity index (χ1v) is 3.95. The molecule has 3 N–H and O–H groups in total. The maximum atomic E-state index is 10.7. The summed E-state index contributed by atoms with van der Waals surface area (Å²) in [6, 6.07) is 6.70. The van der Waals surface area contributed by atoms with Crippen LogP contribution in [0.5, 0.6) is 0 Å². The number of carbonyl (C=O) groups excluding carboxylic acids is 1. The van der Waals surface area contributed by atoms with Crippen molar-refractivity contribution in [1.82, 2.24) is 0 Å². The molecule has 0 unspecified atom stereocenters. The van der Waals surface area contributed by atoms with Crippen molar-refractivity contribution in [2.24, 2.45) is 0 Å². The molecule has 1 amide bonds. The summed E-state index contributed by atoms with van der Waals surface area (Å²) >= 11 is 0. The molecule has 0 spiro atoms. The standard InChI is InChI=1S/C9H10N2O3/c1-10-6-2-4-7(5-3-6)11-8(12)9(13)14/h2-5,10H,1H3,(H,11,12)(H,13,14). The fourth-order valence-corrected chi connectivity index (χ4v) is 0.905. The van der Waals surface area contributed by atoms with Crippen molar-refractivity contribution in [3.05, 3.63) is 24.3 Å². The van der Waals surface area contributed by atoms with E-state index in [9.17, 15) is 9.59 Å². The van der Waals surface area contributed by atoms with Gasteiger partial charge in [0.25, 0.3) is 0 Å². The van der Waals surface area contributed by atoms with Crippen LogP contribution in [0, 0.1) is 0 Å². The molecule has 0 aliphatic rings. The average molecular weight is 194 g/mol. The number of aliphatic carboxylic acids is 1. The van der Waals surface area contributed by atoms with E-state index < -0.39 is 11.9 Å². The van der Waals surface area contributed by atoms with E-state index in [-0.39, 0.29) is 0 Å². The highest BCUT2D eigenvalue weighted by molar-refractivity contribution is 6.36. The minimum Gasteiger partial charge on any atom is -0.474 e. The highest BCUT2D eigenvalue weighted by Crippen LogP contribution is 2.12. The van der Waals surface area contributed by atoms with E-state index in [1.165, 1.54) is 0 Å². The molecule has 5 heteroatoms. The first kappa shape index (κ1) is 10.0. The molecule has 1 rings (SSSR count). The zero-order valence-electron chi connectivity index (χ0n) is 7.57. The van der Waals surface area contributed by atoms with Crippen LogP contribution in [0.3, 0.4) is 0 Å². The summed E-state index contributed by atoms with van der Waals surface area (Å²) < 4.78 is 0. The molecule has 5 nitrogen and oxygen atoms in total. The van der Waals surface area contributed by atoms with Crippen LogP contribution >= 0.6 is 0 Å². The Labute approximate surface area is 80.7 Å². The second kappa shape index (κ2) is 4.27. The Morgan fingerprint density at radius 1 is 1.14 bits per heavy atom. The van der Waals surface area contributed by atoms with Crippen molar-refractivity contribution < 1.29 is 14.7 Å². The van der Waals surface area contributed by atoms with Crippen LogP contribution in [0.25, 0.3) is 0 Å². The van der Waals surface area contributed by atoms with E-state index in [4.69, 9.17) is 5.11 Å². The first-order valence-electron chi connectivity index (χ1n) is 3.95. The molecule has 0 radical (unpaired) electrons. The predicted molar refractivity (Wildman–Crippen MR) is 52.3 cm³/mol. The van der Waals surface area contributed by atoms with Crippen molar-refractivity contribution in [2.45, 2.75) is 0 Å². The Kier molecular flexibility index (Phi) is 3.06. The van der Waals surface area contributed by atoms with Gasteiger partial charge in [-0.15, -0.1) is 0 Å². The molecule has 0 atom stereocenters. The zero-order chi connectivity index (χ0) is 10.6. The van der Waals surface area contributed by atoms with Crippen LogP contribution < -0.4 is 10.6 Å². The van der Waals surface area contributed by atoms with E-state index >= 15 is 0 Å². The maximum Gasteiger partial charge on any atom is 0.394 e.